The fourth-order valence-electron chi connectivity index (χ4n) is 0. The SMILES string of the molecule is CC[Te].CC[Te].[C-]#[O+].[C-]#[O+].[C-]#[O+].[C-]#[O+].[C-]#[O+].[C-]#[O+].[C-]#[O+].[C-]#[O+].[C-]#[O+].[C-]#[O+].[C-]#[O+].[C-]#[O+].[Fe].[Fe].[Fe].[Fe].[S-][S-]. The largest absolute Gasteiger partial charge is 1.00 e. The Hall–Kier alpha value is 1.24. The second kappa shape index (κ2) is 4290. The van der Waals surface area contributed by atoms with Crippen LogP contribution in [0.4, 0.5) is 0 Å². The van der Waals surface area contributed by atoms with Gasteiger partial charge in [0, 0.05) is 68.3 Å². The molecule has 36 heavy (non-hydrogen) atoms. The quantitative estimate of drug-likeness (QED) is 0.112. The molecular weight excluding hydrogens is 927 g/mol. The number of rotatable bonds is 0. The zero-order valence-electron chi connectivity index (χ0n) is 17.4. The summed E-state index contributed by atoms with van der Waals surface area (Å²) in [4.78, 5) is 0. The van der Waals surface area contributed by atoms with Gasteiger partial charge < -0.3 is 23.3 Å². The molecule has 204 valence electrons. The monoisotopic (exact) mass is 942 g/mol. The summed E-state index contributed by atoms with van der Waals surface area (Å²) in [6.07, 6.45) is 0. The predicted octanol–water partition coefficient (Wildman–Crippen LogP) is 0.721. The van der Waals surface area contributed by atoms with Gasteiger partial charge in [-0.15, -0.1) is 0 Å². The van der Waals surface area contributed by atoms with E-state index in [1.807, 2.05) is 0 Å². The molecule has 0 bridgehead atoms. The predicted molar refractivity (Wildman–Crippen MR) is 94.4 cm³/mol. The zero-order valence-corrected chi connectivity index (χ0v) is 28.1. The van der Waals surface area contributed by atoms with Gasteiger partial charge in [-0.1, -0.05) is 0 Å². The van der Waals surface area contributed by atoms with E-state index in [4.69, 9.17) is 55.8 Å². The fourth-order valence-corrected chi connectivity index (χ4v) is 0. The van der Waals surface area contributed by atoms with E-state index in [0.29, 0.717) is 0 Å². The molecular formula is C16H10Fe4O12S2Te2-2. The van der Waals surface area contributed by atoms with E-state index in [0.717, 1.165) is 0 Å². The molecule has 0 aliphatic rings. The van der Waals surface area contributed by atoms with Crippen molar-refractivity contribution in [1.29, 1.82) is 0 Å². The Labute approximate surface area is 291 Å². The van der Waals surface area contributed by atoms with Crippen molar-refractivity contribution in [2.75, 3.05) is 0 Å². The van der Waals surface area contributed by atoms with E-state index < -0.39 is 0 Å². The van der Waals surface area contributed by atoms with Crippen LogP contribution in [0.15, 0.2) is 0 Å². The maximum atomic E-state index is 7.50. The first-order valence-corrected chi connectivity index (χ1v) is 9.24. The van der Waals surface area contributed by atoms with E-state index in [1.165, 1.54) is 8.94 Å². The van der Waals surface area contributed by atoms with Gasteiger partial charge in [-0.25, -0.2) is 0 Å². The van der Waals surface area contributed by atoms with E-state index in [1.54, 1.807) is 0 Å². The summed E-state index contributed by atoms with van der Waals surface area (Å²) in [5, 5.41) is 0. The molecule has 0 spiro atoms. The summed E-state index contributed by atoms with van der Waals surface area (Å²) in [6.45, 7) is 58.3. The molecule has 0 heterocycles. The summed E-state index contributed by atoms with van der Waals surface area (Å²) in [7, 11) is 0. The van der Waals surface area contributed by atoms with Crippen LogP contribution >= 0.6 is 0 Å². The third kappa shape index (κ3) is 27000. The van der Waals surface area contributed by atoms with Crippen molar-refractivity contribution in [3.63, 3.8) is 0 Å². The molecule has 12 nitrogen and oxygen atoms in total. The average Bonchev–Trinajstić information content (AvgIpc) is 2.99. The van der Waals surface area contributed by atoms with Gasteiger partial charge in [0.2, 0.25) is 0 Å². The van der Waals surface area contributed by atoms with Gasteiger partial charge in [-0.3, -0.25) is 0 Å². The molecule has 0 aromatic carbocycles. The Kier molecular flexibility index (Phi) is 17500. The van der Waals surface area contributed by atoms with Crippen molar-refractivity contribution in [1.82, 2.24) is 0 Å². The molecule has 0 aromatic heterocycles. The van der Waals surface area contributed by atoms with Gasteiger partial charge in [-0.2, -0.15) is 0 Å². The molecule has 0 N–H and O–H groups in total. The van der Waals surface area contributed by atoms with E-state index in [-0.39, 0.29) is 68.3 Å². The van der Waals surface area contributed by atoms with Crippen molar-refractivity contribution in [2.45, 2.75) is 22.8 Å². The van der Waals surface area contributed by atoms with E-state index in [2.05, 4.69) is 162 Å². The van der Waals surface area contributed by atoms with Crippen molar-refractivity contribution in [2.24, 2.45) is 0 Å². The molecule has 2 radical (unpaired) electrons. The Balaban J connectivity index is -0.00000000504. The van der Waals surface area contributed by atoms with Gasteiger partial charge in [0.1, 0.15) is 0 Å². The van der Waals surface area contributed by atoms with Crippen LogP contribution in [0.25, 0.3) is 0 Å². The molecule has 0 unspecified atom stereocenters. The summed E-state index contributed by atoms with van der Waals surface area (Å²) in [6, 6.07) is 0. The first kappa shape index (κ1) is 147. The van der Waals surface area contributed by atoms with Gasteiger partial charge in [0.25, 0.3) is 0 Å². The molecule has 0 fully saturated rings. The van der Waals surface area contributed by atoms with E-state index in [9.17, 15) is 0 Å². The van der Waals surface area contributed by atoms with Crippen molar-refractivity contribution < 1.29 is 124 Å². The Morgan fingerprint density at radius 2 is 0.333 bits per heavy atom. The minimum absolute atomic E-state index is 0. The molecule has 0 atom stereocenters. The molecule has 0 amide bonds. The summed E-state index contributed by atoms with van der Waals surface area (Å²) >= 11 is 11.5. The van der Waals surface area contributed by atoms with Crippen LogP contribution < -0.4 is 0 Å². The van der Waals surface area contributed by atoms with Crippen molar-refractivity contribution in [3.8, 4) is 0 Å². The third-order valence-electron chi connectivity index (χ3n) is 0. The maximum absolute atomic E-state index is 7.50. The van der Waals surface area contributed by atoms with Crippen molar-refractivity contribution >= 4 is 67.9 Å². The standard InChI is InChI=1S/2C2H5Te.12CO.4Fe.S2/c2*1-2-3;12*1-2;;;;;1-2/h2*2H2,1H3;;;;;;;;;;;;;;;;;/q;;;;;;;;;;;;;;;;;;-2. The molecule has 0 rings (SSSR count). The molecule has 0 saturated heterocycles. The zero-order chi connectivity index (χ0) is 31.4. The van der Waals surface area contributed by atoms with Crippen LogP contribution in [0.1, 0.15) is 13.8 Å². The second-order valence-electron chi connectivity index (χ2n) is 0.577. The van der Waals surface area contributed by atoms with Crippen LogP contribution in [-0.4, -0.2) is 44.6 Å². The van der Waals surface area contributed by atoms with Gasteiger partial charge in [0.15, 0.2) is 0 Å². The number of hydrogen-bond acceptors (Lipinski definition) is 2. The van der Waals surface area contributed by atoms with Crippen LogP contribution in [0.2, 0.25) is 8.94 Å². The first-order chi connectivity index (χ1) is 15.8. The Bertz CT molecular complexity index is 278. The molecule has 20 heteroatoms. The molecule has 0 aliphatic heterocycles. The summed E-state index contributed by atoms with van der Waals surface area (Å²) < 4.78 is 92.5. The summed E-state index contributed by atoms with van der Waals surface area (Å²) in [5.74, 6) is 0. The molecule has 0 aliphatic carbocycles. The van der Waals surface area contributed by atoms with Crippen LogP contribution in [0.5, 0.6) is 0 Å². The topological polar surface area (TPSA) is 239 Å². The molecule has 0 aromatic rings. The first-order valence-electron chi connectivity index (χ1n) is 4.61. The maximum Gasteiger partial charge on any atom is 0 e. The van der Waals surface area contributed by atoms with Gasteiger partial charge in [0.05, 0.1) is 0 Å². The normalized spacial score (nSPS) is 1.83. The van der Waals surface area contributed by atoms with Crippen LogP contribution in [0.3, 0.4) is 0 Å². The smallest absolute Gasteiger partial charge is 0 e. The second-order valence-corrected chi connectivity index (χ2v) is 3.87. The number of hydrogen-bond donors (Lipinski definition) is 0. The van der Waals surface area contributed by atoms with Crippen LogP contribution in [-0.2, 0) is 147 Å². The Morgan fingerprint density at radius 3 is 0.333 bits per heavy atom. The Morgan fingerprint density at radius 1 is 0.333 bits per heavy atom. The summed E-state index contributed by atoms with van der Waals surface area (Å²) in [5.41, 5.74) is 0. The molecule has 0 saturated carbocycles. The van der Waals surface area contributed by atoms with Crippen molar-refractivity contribution in [3.05, 3.63) is 79.8 Å². The minimum Gasteiger partial charge on any atom is -1.00 e. The van der Waals surface area contributed by atoms with E-state index >= 15 is 0 Å². The van der Waals surface area contributed by atoms with Gasteiger partial charge in [-0.05, 0) is 0 Å². The minimum atomic E-state index is 0. The van der Waals surface area contributed by atoms with Crippen LogP contribution in [0, 0.1) is 79.8 Å². The fraction of sp³-hybridized carbons (Fsp3) is 0.250. The van der Waals surface area contributed by atoms with Gasteiger partial charge >= 0.3 is 203 Å². The average molecular weight is 937 g/mol. The third-order valence-corrected chi connectivity index (χ3v) is 0.